The van der Waals surface area contributed by atoms with Gasteiger partial charge in [-0.3, -0.25) is 14.3 Å². The molecular formula is C18H21Cl2N3O4. The highest BCUT2D eigenvalue weighted by Crippen LogP contribution is 2.36. The SMILES string of the molecule is CCCOC(=O)C(Cn1cncn1)(C(=O)OCCC)c1ccc(Cl)cc1Cl. The van der Waals surface area contributed by atoms with E-state index in [1.807, 2.05) is 13.8 Å². The van der Waals surface area contributed by atoms with Crippen molar-refractivity contribution in [3.05, 3.63) is 46.5 Å². The Hall–Kier alpha value is -2.12. The van der Waals surface area contributed by atoms with Gasteiger partial charge in [-0.25, -0.2) is 4.98 Å². The van der Waals surface area contributed by atoms with Crippen LogP contribution in [-0.4, -0.2) is 39.9 Å². The van der Waals surface area contributed by atoms with Crippen LogP contribution in [0.25, 0.3) is 0 Å². The second-order valence-electron chi connectivity index (χ2n) is 5.89. The summed E-state index contributed by atoms with van der Waals surface area (Å²) in [6.07, 6.45) is 3.91. The number of carbonyl (C=O) groups excluding carboxylic acids is 2. The maximum absolute atomic E-state index is 13.1. The summed E-state index contributed by atoms with van der Waals surface area (Å²) in [5, 5.41) is 4.55. The van der Waals surface area contributed by atoms with E-state index < -0.39 is 17.4 Å². The van der Waals surface area contributed by atoms with E-state index in [9.17, 15) is 9.59 Å². The smallest absolute Gasteiger partial charge is 0.330 e. The standard InChI is InChI=1S/C18H21Cl2N3O4/c1-3-7-26-16(24)18(17(25)27-8-4-2,10-23-12-21-11-22-23)14-6-5-13(19)9-15(14)20/h5-6,9,11-12H,3-4,7-8,10H2,1-2H3. The van der Waals surface area contributed by atoms with E-state index in [2.05, 4.69) is 10.1 Å². The number of esters is 2. The van der Waals surface area contributed by atoms with Crippen molar-refractivity contribution in [2.45, 2.75) is 38.6 Å². The van der Waals surface area contributed by atoms with Crippen molar-refractivity contribution in [1.29, 1.82) is 0 Å². The number of ether oxygens (including phenoxy) is 2. The molecule has 1 heterocycles. The molecule has 9 heteroatoms. The fourth-order valence-electron chi connectivity index (χ4n) is 2.55. The van der Waals surface area contributed by atoms with Gasteiger partial charge in [-0.15, -0.1) is 0 Å². The lowest BCUT2D eigenvalue weighted by atomic mass is 9.80. The predicted molar refractivity (Wildman–Crippen MR) is 101 cm³/mol. The second-order valence-corrected chi connectivity index (χ2v) is 6.74. The largest absolute Gasteiger partial charge is 0.465 e. The molecule has 146 valence electrons. The van der Waals surface area contributed by atoms with Gasteiger partial charge in [0.25, 0.3) is 0 Å². The van der Waals surface area contributed by atoms with Crippen molar-refractivity contribution < 1.29 is 19.1 Å². The molecule has 0 fully saturated rings. The minimum absolute atomic E-state index is 0.157. The van der Waals surface area contributed by atoms with E-state index >= 15 is 0 Å². The Bertz CT molecular complexity index is 761. The average Bonchev–Trinajstić information content (AvgIpc) is 3.15. The van der Waals surface area contributed by atoms with Crippen LogP contribution in [0.3, 0.4) is 0 Å². The summed E-state index contributed by atoms with van der Waals surface area (Å²) in [6.45, 7) is 3.86. The van der Waals surface area contributed by atoms with E-state index in [0.717, 1.165) is 0 Å². The summed E-state index contributed by atoms with van der Waals surface area (Å²) in [7, 11) is 0. The normalized spacial score (nSPS) is 11.3. The van der Waals surface area contributed by atoms with Crippen molar-refractivity contribution >= 4 is 35.1 Å². The monoisotopic (exact) mass is 413 g/mol. The molecule has 2 aromatic rings. The Balaban J connectivity index is 2.62. The second kappa shape index (κ2) is 9.71. The van der Waals surface area contributed by atoms with Gasteiger partial charge in [0.2, 0.25) is 5.41 Å². The van der Waals surface area contributed by atoms with Crippen LogP contribution in [0.5, 0.6) is 0 Å². The first kappa shape index (κ1) is 21.2. The van der Waals surface area contributed by atoms with E-state index in [1.54, 1.807) is 6.07 Å². The molecule has 0 aliphatic rings. The Morgan fingerprint density at radius 3 is 2.22 bits per heavy atom. The zero-order chi connectivity index (χ0) is 19.9. The molecule has 0 N–H and O–H groups in total. The van der Waals surface area contributed by atoms with Crippen LogP contribution in [0.4, 0.5) is 0 Å². The van der Waals surface area contributed by atoms with Gasteiger partial charge in [0.1, 0.15) is 12.7 Å². The molecule has 2 rings (SSSR count). The number of hydrogen-bond donors (Lipinski definition) is 0. The topological polar surface area (TPSA) is 83.3 Å². The van der Waals surface area contributed by atoms with Crippen LogP contribution in [0, 0.1) is 0 Å². The van der Waals surface area contributed by atoms with Gasteiger partial charge in [0.05, 0.1) is 19.8 Å². The molecule has 0 spiro atoms. The Labute approximate surface area is 167 Å². The van der Waals surface area contributed by atoms with E-state index in [0.29, 0.717) is 17.9 Å². The molecule has 1 aromatic carbocycles. The Morgan fingerprint density at radius 1 is 1.11 bits per heavy atom. The number of hydrogen-bond acceptors (Lipinski definition) is 6. The summed E-state index contributed by atoms with van der Waals surface area (Å²) >= 11 is 12.4. The number of benzene rings is 1. The number of aromatic nitrogens is 3. The van der Waals surface area contributed by atoms with Gasteiger partial charge in [-0.1, -0.05) is 43.1 Å². The molecule has 1 aromatic heterocycles. The summed E-state index contributed by atoms with van der Waals surface area (Å²) in [6, 6.07) is 4.55. The van der Waals surface area contributed by atoms with E-state index in [1.165, 1.54) is 29.5 Å². The summed E-state index contributed by atoms with van der Waals surface area (Å²) in [5.41, 5.74) is -1.59. The van der Waals surface area contributed by atoms with Gasteiger partial charge in [-0.05, 0) is 25.0 Å². The molecule has 0 aliphatic heterocycles. The van der Waals surface area contributed by atoms with Gasteiger partial charge in [0.15, 0.2) is 0 Å². The quantitative estimate of drug-likeness (QED) is 0.462. The highest BCUT2D eigenvalue weighted by atomic mass is 35.5. The minimum Gasteiger partial charge on any atom is -0.465 e. The molecular weight excluding hydrogens is 393 g/mol. The summed E-state index contributed by atoms with van der Waals surface area (Å²) < 4.78 is 12.1. The zero-order valence-electron chi connectivity index (χ0n) is 15.2. The van der Waals surface area contributed by atoms with Gasteiger partial charge >= 0.3 is 11.9 Å². The molecule has 0 radical (unpaired) electrons. The third kappa shape index (κ3) is 4.78. The van der Waals surface area contributed by atoms with Gasteiger partial charge < -0.3 is 9.47 Å². The average molecular weight is 414 g/mol. The lowest BCUT2D eigenvalue weighted by molar-refractivity contribution is -0.166. The fraction of sp³-hybridized carbons (Fsp3) is 0.444. The number of carbonyl (C=O) groups is 2. The van der Waals surface area contributed by atoms with E-state index in [-0.39, 0.29) is 30.3 Å². The maximum Gasteiger partial charge on any atom is 0.330 e. The number of nitrogens with zero attached hydrogens (tertiary/aromatic N) is 3. The van der Waals surface area contributed by atoms with Crippen molar-refractivity contribution in [1.82, 2.24) is 14.8 Å². The lowest BCUT2D eigenvalue weighted by Gasteiger charge is -2.30. The molecule has 0 unspecified atom stereocenters. The van der Waals surface area contributed by atoms with Crippen molar-refractivity contribution in [2.75, 3.05) is 13.2 Å². The third-order valence-corrected chi connectivity index (χ3v) is 4.38. The van der Waals surface area contributed by atoms with E-state index in [4.69, 9.17) is 32.7 Å². The van der Waals surface area contributed by atoms with Crippen molar-refractivity contribution in [2.24, 2.45) is 0 Å². The highest BCUT2D eigenvalue weighted by Gasteiger charge is 2.52. The van der Waals surface area contributed by atoms with Gasteiger partial charge in [-0.2, -0.15) is 5.10 Å². The van der Waals surface area contributed by atoms with Crippen LogP contribution in [0.15, 0.2) is 30.9 Å². The number of rotatable bonds is 9. The molecule has 0 saturated carbocycles. The lowest BCUT2D eigenvalue weighted by Crippen LogP contribution is -2.50. The molecule has 0 saturated heterocycles. The molecule has 27 heavy (non-hydrogen) atoms. The van der Waals surface area contributed by atoms with Crippen LogP contribution < -0.4 is 0 Å². The molecule has 0 atom stereocenters. The first-order valence-electron chi connectivity index (χ1n) is 8.58. The van der Waals surface area contributed by atoms with Crippen molar-refractivity contribution in [3.8, 4) is 0 Å². The maximum atomic E-state index is 13.1. The van der Waals surface area contributed by atoms with Crippen LogP contribution in [0.1, 0.15) is 32.3 Å². The third-order valence-electron chi connectivity index (χ3n) is 3.83. The first-order valence-corrected chi connectivity index (χ1v) is 9.33. The molecule has 0 aliphatic carbocycles. The molecule has 0 bridgehead atoms. The Kier molecular flexibility index (Phi) is 7.62. The fourth-order valence-corrected chi connectivity index (χ4v) is 3.12. The summed E-state index contributed by atoms with van der Waals surface area (Å²) in [4.78, 5) is 30.1. The van der Waals surface area contributed by atoms with Crippen LogP contribution in [0.2, 0.25) is 10.0 Å². The summed E-state index contributed by atoms with van der Waals surface area (Å²) in [5.74, 6) is -1.52. The first-order chi connectivity index (χ1) is 13.0. The predicted octanol–water partition coefficient (Wildman–Crippen LogP) is 3.43. The Morgan fingerprint density at radius 2 is 1.74 bits per heavy atom. The van der Waals surface area contributed by atoms with Crippen LogP contribution >= 0.6 is 23.2 Å². The van der Waals surface area contributed by atoms with Crippen molar-refractivity contribution in [3.63, 3.8) is 0 Å². The number of halogens is 2. The highest BCUT2D eigenvalue weighted by molar-refractivity contribution is 6.35. The minimum atomic E-state index is -1.83. The van der Waals surface area contributed by atoms with Gasteiger partial charge in [0, 0.05) is 15.6 Å². The van der Waals surface area contributed by atoms with Crippen LogP contribution in [-0.2, 0) is 31.0 Å². The zero-order valence-corrected chi connectivity index (χ0v) is 16.7. The molecule has 7 nitrogen and oxygen atoms in total. The molecule has 0 amide bonds.